The molecule has 6 nitrogen and oxygen atoms in total. The summed E-state index contributed by atoms with van der Waals surface area (Å²) in [6.07, 6.45) is 6.40. The Labute approximate surface area is 175 Å². The normalized spacial score (nSPS) is 18.5. The zero-order chi connectivity index (χ0) is 20.9. The number of ketones is 1. The molecule has 2 aromatic rings. The number of H-pyrrole nitrogens is 1. The maximum atomic E-state index is 12.3. The zero-order valence-corrected chi connectivity index (χ0v) is 16.7. The van der Waals surface area contributed by atoms with Crippen LogP contribution in [0.2, 0.25) is 0 Å². The van der Waals surface area contributed by atoms with E-state index in [9.17, 15) is 4.79 Å². The van der Waals surface area contributed by atoms with Crippen molar-refractivity contribution in [1.82, 2.24) is 10.2 Å². The predicted octanol–water partition coefficient (Wildman–Crippen LogP) is 3.87. The van der Waals surface area contributed by atoms with Gasteiger partial charge in [0.1, 0.15) is 17.5 Å². The summed E-state index contributed by atoms with van der Waals surface area (Å²) in [5.41, 5.74) is 3.90. The molecule has 4 rings (SSSR count). The molecule has 2 aliphatic rings. The van der Waals surface area contributed by atoms with Gasteiger partial charge in [-0.1, -0.05) is 24.1 Å². The summed E-state index contributed by atoms with van der Waals surface area (Å²) in [7, 11) is 1.61. The Hall–Kier alpha value is -3.61. The number of ether oxygens (including phenoxy) is 2. The second-order valence-electron chi connectivity index (χ2n) is 7.15. The molecule has 1 saturated heterocycles. The molecule has 0 bridgehead atoms. The smallest absolute Gasteiger partial charge is 0.177 e. The number of carbonyl (C=O) groups excluding carboxylic acids is 1. The van der Waals surface area contributed by atoms with Gasteiger partial charge in [0.25, 0.3) is 0 Å². The van der Waals surface area contributed by atoms with Gasteiger partial charge in [-0.3, -0.25) is 9.89 Å². The molecule has 1 atom stereocenters. The van der Waals surface area contributed by atoms with Crippen LogP contribution in [0.3, 0.4) is 0 Å². The van der Waals surface area contributed by atoms with Crippen LogP contribution in [0.15, 0.2) is 42.0 Å². The summed E-state index contributed by atoms with van der Waals surface area (Å²) in [5, 5.41) is 16.7. The Balaban J connectivity index is 1.79. The quantitative estimate of drug-likeness (QED) is 0.792. The first kappa shape index (κ1) is 19.7. The average molecular weight is 399 g/mol. The first-order valence-electron chi connectivity index (χ1n) is 9.90. The lowest BCUT2D eigenvalue weighted by Gasteiger charge is -2.23. The number of nitriles is 1. The van der Waals surface area contributed by atoms with Crippen molar-refractivity contribution in [3.8, 4) is 23.7 Å². The van der Waals surface area contributed by atoms with Crippen molar-refractivity contribution in [1.29, 1.82) is 5.26 Å². The van der Waals surface area contributed by atoms with Crippen molar-refractivity contribution in [2.45, 2.75) is 31.8 Å². The molecular weight excluding hydrogens is 378 g/mol. The van der Waals surface area contributed by atoms with Crippen LogP contribution < -0.4 is 4.74 Å². The van der Waals surface area contributed by atoms with Gasteiger partial charge in [-0.05, 0) is 49.0 Å². The summed E-state index contributed by atoms with van der Waals surface area (Å²) in [5.74, 6) is 6.75. The lowest BCUT2D eigenvalue weighted by atomic mass is 9.89. The van der Waals surface area contributed by atoms with E-state index in [0.29, 0.717) is 18.1 Å². The number of methoxy groups -OCH3 is 1. The highest BCUT2D eigenvalue weighted by Gasteiger charge is 2.28. The number of hydrogen-bond donors (Lipinski definition) is 1. The lowest BCUT2D eigenvalue weighted by molar-refractivity contribution is -0.114. The summed E-state index contributed by atoms with van der Waals surface area (Å²) >= 11 is 0. The molecule has 0 radical (unpaired) electrons. The monoisotopic (exact) mass is 399 g/mol. The van der Waals surface area contributed by atoms with Crippen LogP contribution in [0.1, 0.15) is 54.3 Å². The fourth-order valence-electron chi connectivity index (χ4n) is 3.72. The summed E-state index contributed by atoms with van der Waals surface area (Å²) < 4.78 is 11.3. The highest BCUT2D eigenvalue weighted by atomic mass is 16.5. The number of benzene rings is 1. The van der Waals surface area contributed by atoms with Crippen LogP contribution >= 0.6 is 0 Å². The maximum absolute atomic E-state index is 12.3. The third kappa shape index (κ3) is 3.91. The second kappa shape index (κ2) is 8.82. The number of nitrogens with one attached hydrogen (secondary N) is 1. The Morgan fingerprint density at radius 3 is 2.83 bits per heavy atom. The van der Waals surface area contributed by atoms with Gasteiger partial charge in [-0.2, -0.15) is 10.4 Å². The van der Waals surface area contributed by atoms with Crippen LogP contribution in [0.4, 0.5) is 0 Å². The van der Waals surface area contributed by atoms with Crippen molar-refractivity contribution >= 4 is 11.4 Å². The van der Waals surface area contributed by atoms with Gasteiger partial charge in [0.15, 0.2) is 5.78 Å². The van der Waals surface area contributed by atoms with E-state index >= 15 is 0 Å². The van der Waals surface area contributed by atoms with Gasteiger partial charge < -0.3 is 9.47 Å². The SMILES string of the molecule is COc1ccccc1C#Cc1n[nH]c(C2CCCCO2)c1C1=CC=C(C#N)C(=O)C1. The fourth-order valence-corrected chi connectivity index (χ4v) is 3.72. The number of aromatic nitrogens is 2. The minimum Gasteiger partial charge on any atom is -0.495 e. The molecule has 150 valence electrons. The highest BCUT2D eigenvalue weighted by Crippen LogP contribution is 2.36. The first-order chi connectivity index (χ1) is 14.7. The largest absolute Gasteiger partial charge is 0.495 e. The minimum atomic E-state index is -0.199. The molecule has 0 saturated carbocycles. The molecular formula is C24H21N3O3. The summed E-state index contributed by atoms with van der Waals surface area (Å²) in [6.45, 7) is 0.696. The van der Waals surface area contributed by atoms with Crippen LogP contribution in [-0.2, 0) is 9.53 Å². The Morgan fingerprint density at radius 2 is 2.10 bits per heavy atom. The van der Waals surface area contributed by atoms with Crippen molar-refractivity contribution in [3.63, 3.8) is 0 Å². The molecule has 1 aliphatic carbocycles. The van der Waals surface area contributed by atoms with E-state index in [0.717, 1.165) is 41.7 Å². The molecule has 0 spiro atoms. The number of para-hydroxylation sites is 1. The molecule has 1 aromatic carbocycles. The minimum absolute atomic E-state index is 0.111. The highest BCUT2D eigenvalue weighted by molar-refractivity contribution is 6.07. The van der Waals surface area contributed by atoms with Gasteiger partial charge >= 0.3 is 0 Å². The summed E-state index contributed by atoms with van der Waals surface area (Å²) in [4.78, 5) is 12.3. The van der Waals surface area contributed by atoms with Crippen molar-refractivity contribution in [3.05, 3.63) is 64.5 Å². The van der Waals surface area contributed by atoms with E-state index in [1.807, 2.05) is 36.4 Å². The molecule has 2 heterocycles. The van der Waals surface area contributed by atoms with Crippen molar-refractivity contribution in [2.75, 3.05) is 13.7 Å². The molecule has 1 aliphatic heterocycles. The third-order valence-electron chi connectivity index (χ3n) is 5.26. The number of nitrogens with zero attached hydrogens (tertiary/aromatic N) is 2. The number of rotatable bonds is 3. The van der Waals surface area contributed by atoms with E-state index in [2.05, 4.69) is 22.0 Å². The molecule has 1 fully saturated rings. The van der Waals surface area contributed by atoms with Gasteiger partial charge in [0, 0.05) is 18.6 Å². The fraction of sp³-hybridized carbons (Fsp3) is 0.292. The van der Waals surface area contributed by atoms with Crippen molar-refractivity contribution < 1.29 is 14.3 Å². The molecule has 1 N–H and O–H groups in total. The number of aromatic amines is 1. The first-order valence-corrected chi connectivity index (χ1v) is 9.90. The zero-order valence-electron chi connectivity index (χ0n) is 16.7. The second-order valence-corrected chi connectivity index (χ2v) is 7.15. The number of allylic oxidation sites excluding steroid dienone is 4. The maximum Gasteiger partial charge on any atom is 0.177 e. The van der Waals surface area contributed by atoms with E-state index < -0.39 is 0 Å². The Bertz CT molecular complexity index is 1130. The predicted molar refractivity (Wildman–Crippen MR) is 111 cm³/mol. The van der Waals surface area contributed by atoms with E-state index in [4.69, 9.17) is 14.7 Å². The lowest BCUT2D eigenvalue weighted by Crippen LogP contribution is -2.14. The van der Waals surface area contributed by atoms with E-state index in [1.54, 1.807) is 13.2 Å². The van der Waals surface area contributed by atoms with E-state index in [-0.39, 0.29) is 23.9 Å². The van der Waals surface area contributed by atoms with Gasteiger partial charge in [-0.25, -0.2) is 0 Å². The third-order valence-corrected chi connectivity index (χ3v) is 5.26. The average Bonchev–Trinajstić information content (AvgIpc) is 3.22. The summed E-state index contributed by atoms with van der Waals surface area (Å²) in [6, 6.07) is 9.47. The van der Waals surface area contributed by atoms with E-state index in [1.165, 1.54) is 0 Å². The van der Waals surface area contributed by atoms with Crippen LogP contribution in [0.5, 0.6) is 5.75 Å². The van der Waals surface area contributed by atoms with Gasteiger partial charge in [0.2, 0.25) is 0 Å². The molecule has 1 aromatic heterocycles. The standard InChI is InChI=1S/C24H21N3O3/c1-29-21-7-3-2-6-16(21)11-12-19-23(17-9-10-18(15-25)20(28)14-17)24(27-26-19)22-8-4-5-13-30-22/h2-3,6-7,9-10,22H,4-5,8,13-14H2,1H3,(H,26,27). The van der Waals surface area contributed by atoms with Gasteiger partial charge in [0.05, 0.1) is 30.0 Å². The topological polar surface area (TPSA) is 88.0 Å². The van der Waals surface area contributed by atoms with Crippen molar-refractivity contribution in [2.24, 2.45) is 0 Å². The Morgan fingerprint density at radius 1 is 1.23 bits per heavy atom. The molecule has 6 heteroatoms. The molecule has 30 heavy (non-hydrogen) atoms. The van der Waals surface area contributed by atoms with Crippen LogP contribution in [0, 0.1) is 23.2 Å². The molecule has 1 unspecified atom stereocenters. The van der Waals surface area contributed by atoms with Crippen LogP contribution in [-0.4, -0.2) is 29.7 Å². The molecule has 0 amide bonds. The number of Topliss-reactive ketones (excluding diaryl/α,β-unsaturated/α-hetero) is 1. The number of hydrogen-bond acceptors (Lipinski definition) is 5. The Kier molecular flexibility index (Phi) is 5.79. The van der Waals surface area contributed by atoms with Gasteiger partial charge in [-0.15, -0.1) is 0 Å². The number of carbonyl (C=O) groups is 1. The van der Waals surface area contributed by atoms with Crippen LogP contribution in [0.25, 0.3) is 5.57 Å².